The van der Waals surface area contributed by atoms with E-state index in [1.807, 2.05) is 65.1 Å². The van der Waals surface area contributed by atoms with E-state index in [2.05, 4.69) is 10.1 Å². The van der Waals surface area contributed by atoms with Crippen LogP contribution in [-0.2, 0) is 0 Å². The van der Waals surface area contributed by atoms with Gasteiger partial charge in [-0.05, 0) is 33.3 Å². The van der Waals surface area contributed by atoms with Gasteiger partial charge in [-0.2, -0.15) is 0 Å². The highest BCUT2D eigenvalue weighted by atomic mass is 16.2. The summed E-state index contributed by atoms with van der Waals surface area (Å²) in [6.45, 7) is 7.81. The van der Waals surface area contributed by atoms with Crippen molar-refractivity contribution in [1.29, 1.82) is 0 Å². The number of aryl methyl sites for hydroxylation is 2. The first-order valence-corrected chi connectivity index (χ1v) is 8.31. The van der Waals surface area contributed by atoms with E-state index in [1.54, 1.807) is 9.42 Å². The van der Waals surface area contributed by atoms with Gasteiger partial charge in [-0.1, -0.05) is 30.3 Å². The second-order valence-corrected chi connectivity index (χ2v) is 6.54. The number of carbonyl (C=O) groups is 1. The van der Waals surface area contributed by atoms with Crippen molar-refractivity contribution in [3.8, 4) is 11.3 Å². The summed E-state index contributed by atoms with van der Waals surface area (Å²) in [5.74, 6) is 0.161. The molecule has 1 aromatic carbocycles. The molecule has 25 heavy (non-hydrogen) atoms. The molecule has 0 spiro atoms. The molecule has 0 aliphatic carbocycles. The maximum atomic E-state index is 13.0. The molecule has 3 rings (SSSR count). The number of benzene rings is 1. The smallest absolute Gasteiger partial charge is 0.256 e. The Morgan fingerprint density at radius 1 is 1.20 bits per heavy atom. The van der Waals surface area contributed by atoms with E-state index >= 15 is 0 Å². The number of hydrogen-bond acceptors (Lipinski definition) is 4. The molecular formula is C19H23N5O. The third-order valence-electron chi connectivity index (χ3n) is 4.63. The molecule has 0 bridgehead atoms. The molecule has 6 nitrogen and oxygen atoms in total. The van der Waals surface area contributed by atoms with Crippen molar-refractivity contribution in [2.24, 2.45) is 0 Å². The maximum Gasteiger partial charge on any atom is 0.256 e. The van der Waals surface area contributed by atoms with E-state index in [-0.39, 0.29) is 17.9 Å². The van der Waals surface area contributed by atoms with Crippen molar-refractivity contribution in [3.63, 3.8) is 0 Å². The van der Waals surface area contributed by atoms with Crippen LogP contribution in [0.2, 0.25) is 0 Å². The highest BCUT2D eigenvalue weighted by molar-refractivity contribution is 6.01. The lowest BCUT2D eigenvalue weighted by Gasteiger charge is -2.21. The SMILES string of the molecule is Cc1c(C(=O)N(C)C(C)C)c(C)n2nc(N)nc(-c3ccccc3)c12. The van der Waals surface area contributed by atoms with E-state index in [0.717, 1.165) is 28.0 Å². The maximum absolute atomic E-state index is 13.0. The number of nitrogen functional groups attached to an aromatic ring is 1. The first kappa shape index (κ1) is 17.0. The largest absolute Gasteiger partial charge is 0.367 e. The van der Waals surface area contributed by atoms with Gasteiger partial charge < -0.3 is 10.6 Å². The van der Waals surface area contributed by atoms with Crippen LogP contribution in [0.15, 0.2) is 30.3 Å². The number of aromatic nitrogens is 3. The van der Waals surface area contributed by atoms with Gasteiger partial charge in [0.05, 0.1) is 16.8 Å². The average molecular weight is 337 g/mol. The van der Waals surface area contributed by atoms with Crippen molar-refractivity contribution in [2.45, 2.75) is 33.7 Å². The van der Waals surface area contributed by atoms with Crippen LogP contribution >= 0.6 is 0 Å². The Morgan fingerprint density at radius 3 is 2.44 bits per heavy atom. The van der Waals surface area contributed by atoms with E-state index in [0.29, 0.717) is 5.56 Å². The van der Waals surface area contributed by atoms with Gasteiger partial charge in [0.15, 0.2) is 0 Å². The zero-order valence-electron chi connectivity index (χ0n) is 15.2. The summed E-state index contributed by atoms with van der Waals surface area (Å²) in [6, 6.07) is 9.92. The molecule has 1 amide bonds. The number of fused-ring (bicyclic) bond motifs is 1. The highest BCUT2D eigenvalue weighted by Gasteiger charge is 2.26. The highest BCUT2D eigenvalue weighted by Crippen LogP contribution is 2.31. The number of carbonyl (C=O) groups excluding carboxylic acids is 1. The van der Waals surface area contributed by atoms with Crippen molar-refractivity contribution in [2.75, 3.05) is 12.8 Å². The van der Waals surface area contributed by atoms with Crippen molar-refractivity contribution in [1.82, 2.24) is 19.5 Å². The van der Waals surface area contributed by atoms with Gasteiger partial charge in [0.1, 0.15) is 5.69 Å². The number of rotatable bonds is 3. The summed E-state index contributed by atoms with van der Waals surface area (Å²) >= 11 is 0. The molecular weight excluding hydrogens is 314 g/mol. The Balaban J connectivity index is 2.32. The van der Waals surface area contributed by atoms with Crippen LogP contribution < -0.4 is 5.73 Å². The predicted molar refractivity (Wildman–Crippen MR) is 99.5 cm³/mol. The van der Waals surface area contributed by atoms with Crippen molar-refractivity contribution >= 4 is 17.4 Å². The molecule has 0 saturated heterocycles. The van der Waals surface area contributed by atoms with Crippen LogP contribution in [0.4, 0.5) is 5.95 Å². The van der Waals surface area contributed by atoms with Gasteiger partial charge in [0, 0.05) is 18.7 Å². The third kappa shape index (κ3) is 2.73. The van der Waals surface area contributed by atoms with Gasteiger partial charge in [-0.3, -0.25) is 4.79 Å². The lowest BCUT2D eigenvalue weighted by Crippen LogP contribution is -2.33. The summed E-state index contributed by atoms with van der Waals surface area (Å²) in [6.07, 6.45) is 0. The Hall–Kier alpha value is -2.89. The normalized spacial score (nSPS) is 11.3. The molecule has 0 atom stereocenters. The summed E-state index contributed by atoms with van der Waals surface area (Å²) in [5.41, 5.74) is 10.7. The predicted octanol–water partition coefficient (Wildman–Crippen LogP) is 3.08. The summed E-state index contributed by atoms with van der Waals surface area (Å²) in [7, 11) is 1.81. The van der Waals surface area contributed by atoms with Crippen molar-refractivity contribution < 1.29 is 4.79 Å². The van der Waals surface area contributed by atoms with Crippen LogP contribution in [0, 0.1) is 13.8 Å². The molecule has 0 aliphatic heterocycles. The van der Waals surface area contributed by atoms with Gasteiger partial charge >= 0.3 is 0 Å². The van der Waals surface area contributed by atoms with Gasteiger partial charge in [0.25, 0.3) is 5.91 Å². The molecule has 0 saturated carbocycles. The number of amides is 1. The van der Waals surface area contributed by atoms with Crippen molar-refractivity contribution in [3.05, 3.63) is 47.2 Å². The lowest BCUT2D eigenvalue weighted by molar-refractivity contribution is 0.0753. The van der Waals surface area contributed by atoms with E-state index in [1.165, 1.54) is 0 Å². The molecule has 0 aliphatic rings. The summed E-state index contributed by atoms with van der Waals surface area (Å²) < 4.78 is 1.74. The fourth-order valence-corrected chi connectivity index (χ4v) is 3.04. The number of nitrogens with two attached hydrogens (primary N) is 1. The Bertz CT molecular complexity index is 944. The monoisotopic (exact) mass is 337 g/mol. The minimum Gasteiger partial charge on any atom is -0.367 e. The molecule has 0 radical (unpaired) electrons. The fourth-order valence-electron chi connectivity index (χ4n) is 3.04. The Kier molecular flexibility index (Phi) is 4.20. The zero-order chi connectivity index (χ0) is 18.3. The Morgan fingerprint density at radius 2 is 1.84 bits per heavy atom. The molecule has 0 fully saturated rings. The molecule has 130 valence electrons. The minimum atomic E-state index is -0.0203. The molecule has 3 aromatic rings. The number of hydrogen-bond donors (Lipinski definition) is 1. The van der Waals surface area contributed by atoms with E-state index in [4.69, 9.17) is 5.73 Å². The first-order chi connectivity index (χ1) is 11.8. The van der Waals surface area contributed by atoms with Gasteiger partial charge in [-0.25, -0.2) is 9.50 Å². The molecule has 2 heterocycles. The fraction of sp³-hybridized carbons (Fsp3) is 0.316. The van der Waals surface area contributed by atoms with Gasteiger partial charge in [0.2, 0.25) is 5.95 Å². The van der Waals surface area contributed by atoms with E-state index in [9.17, 15) is 4.79 Å². The van der Waals surface area contributed by atoms with Gasteiger partial charge in [-0.15, -0.1) is 5.10 Å². The molecule has 0 unspecified atom stereocenters. The standard InChI is InChI=1S/C19H23N5O/c1-11(2)23(5)18(25)15-12(3)17-16(14-9-7-6-8-10-14)21-19(20)22-24(17)13(15)4/h6-11H,1-5H3,(H2,20,22). The molecule has 6 heteroatoms. The topological polar surface area (TPSA) is 76.5 Å². The minimum absolute atomic E-state index is 0.0203. The lowest BCUT2D eigenvalue weighted by atomic mass is 10.1. The third-order valence-corrected chi connectivity index (χ3v) is 4.63. The molecule has 2 aromatic heterocycles. The zero-order valence-corrected chi connectivity index (χ0v) is 15.2. The summed E-state index contributed by atoms with van der Waals surface area (Å²) in [5, 5.41) is 4.34. The van der Waals surface area contributed by atoms with Crippen LogP contribution in [0.1, 0.15) is 35.5 Å². The number of nitrogens with zero attached hydrogens (tertiary/aromatic N) is 4. The quantitative estimate of drug-likeness (QED) is 0.797. The van der Waals surface area contributed by atoms with Crippen LogP contribution in [0.5, 0.6) is 0 Å². The second kappa shape index (κ2) is 6.20. The Labute approximate surface area is 147 Å². The van der Waals surface area contributed by atoms with Crippen LogP contribution in [-0.4, -0.2) is 38.5 Å². The first-order valence-electron chi connectivity index (χ1n) is 8.31. The average Bonchev–Trinajstić information content (AvgIpc) is 2.84. The summed E-state index contributed by atoms with van der Waals surface area (Å²) in [4.78, 5) is 19.1. The number of anilines is 1. The second-order valence-electron chi connectivity index (χ2n) is 6.54. The van der Waals surface area contributed by atoms with E-state index < -0.39 is 0 Å². The molecule has 2 N–H and O–H groups in total. The van der Waals surface area contributed by atoms with Crippen LogP contribution in [0.25, 0.3) is 16.8 Å². The van der Waals surface area contributed by atoms with Crippen LogP contribution in [0.3, 0.4) is 0 Å².